The summed E-state index contributed by atoms with van der Waals surface area (Å²) in [5.41, 5.74) is -0.461. The largest absolute Gasteiger partial charge is 0.506 e. The van der Waals surface area contributed by atoms with Crippen molar-refractivity contribution >= 4 is 51.1 Å². The van der Waals surface area contributed by atoms with Crippen LogP contribution in [-0.2, 0) is 21.7 Å². The molecule has 1 aliphatic carbocycles. The number of esters is 1. The van der Waals surface area contributed by atoms with Crippen LogP contribution >= 0.6 is 34.3 Å². The van der Waals surface area contributed by atoms with E-state index in [1.165, 1.54) is 34.8 Å². The lowest BCUT2D eigenvalue weighted by Gasteiger charge is -2.35. The quantitative estimate of drug-likeness (QED) is 0.0496. The number of hydrogen-bond donors (Lipinski definition) is 5. The summed E-state index contributed by atoms with van der Waals surface area (Å²) in [6, 6.07) is 17.2. The zero-order chi connectivity index (χ0) is 38.2. The molecule has 1 aliphatic rings. The van der Waals surface area contributed by atoms with Crippen LogP contribution in [0.3, 0.4) is 0 Å². The third kappa shape index (κ3) is 9.87. The van der Waals surface area contributed by atoms with Gasteiger partial charge in [0.2, 0.25) is 11.2 Å². The van der Waals surface area contributed by atoms with E-state index in [-0.39, 0.29) is 34.2 Å². The first-order valence-corrected chi connectivity index (χ1v) is 20.2. The van der Waals surface area contributed by atoms with E-state index in [4.69, 9.17) is 25.8 Å². The first-order valence-electron chi connectivity index (χ1n) is 18.0. The number of phenolic OH excluding ortho intramolecular Hbond substituents is 1. The molecular weight excluding hydrogens is 769 g/mol. The summed E-state index contributed by atoms with van der Waals surface area (Å²) in [7, 11) is 3.71. The Kier molecular flexibility index (Phi) is 14.7. The van der Waals surface area contributed by atoms with E-state index in [1.807, 2.05) is 22.9 Å². The van der Waals surface area contributed by atoms with Crippen molar-refractivity contribution < 1.29 is 39.0 Å². The SMILES string of the molecule is COc1cc(OCCCCN(C)C2CCC(OC(=O)C(O)(c3cccs3)c3cccs3)CC2)c(Cl)cc1CNC[C@@H](O)c1ccc(O)c2[nH]c(=O)ccc12.F. The van der Waals surface area contributed by atoms with Gasteiger partial charge in [-0.15, -0.1) is 22.7 Å². The second-order valence-electron chi connectivity index (χ2n) is 13.6. The number of aliphatic hydroxyl groups excluding tert-OH is 1. The van der Waals surface area contributed by atoms with Crippen molar-refractivity contribution in [2.45, 2.75) is 68.9 Å². The van der Waals surface area contributed by atoms with Crippen molar-refractivity contribution in [2.24, 2.45) is 0 Å². The number of thiophene rings is 2. The van der Waals surface area contributed by atoms with Gasteiger partial charge in [0, 0.05) is 42.2 Å². The number of H-pyrrole nitrogens is 1. The lowest BCUT2D eigenvalue weighted by molar-refractivity contribution is -0.169. The maximum atomic E-state index is 13.4. The van der Waals surface area contributed by atoms with Gasteiger partial charge in [0.15, 0.2) is 0 Å². The molecule has 5 aromatic rings. The molecule has 15 heteroatoms. The van der Waals surface area contributed by atoms with Gasteiger partial charge in [0.1, 0.15) is 23.4 Å². The molecule has 0 spiro atoms. The second kappa shape index (κ2) is 19.2. The molecule has 3 heterocycles. The summed E-state index contributed by atoms with van der Waals surface area (Å²) in [4.78, 5) is 31.2. The molecule has 296 valence electrons. The Morgan fingerprint density at radius 1 is 1.04 bits per heavy atom. The van der Waals surface area contributed by atoms with Crippen LogP contribution in [0.5, 0.6) is 17.2 Å². The fraction of sp³-hybridized carbons (Fsp3) is 0.400. The number of aromatic hydroxyl groups is 1. The number of aliphatic hydroxyl groups is 2. The fourth-order valence-electron chi connectivity index (χ4n) is 6.98. The number of rotatable bonds is 17. The van der Waals surface area contributed by atoms with E-state index < -0.39 is 17.7 Å². The monoisotopic (exact) mass is 815 g/mol. The number of aromatic nitrogens is 1. The van der Waals surface area contributed by atoms with Gasteiger partial charge in [-0.05, 0) is 98.8 Å². The van der Waals surface area contributed by atoms with Crippen LogP contribution in [0.4, 0.5) is 4.70 Å². The van der Waals surface area contributed by atoms with Gasteiger partial charge in [-0.1, -0.05) is 29.8 Å². The van der Waals surface area contributed by atoms with Crippen molar-refractivity contribution in [3.05, 3.63) is 108 Å². The molecular formula is C40H47ClFN3O8S2. The predicted octanol–water partition coefficient (Wildman–Crippen LogP) is 6.88. The Balaban J connectivity index is 0.00000580. The van der Waals surface area contributed by atoms with Crippen LogP contribution in [0.15, 0.2) is 76.2 Å². The molecule has 5 N–H and O–H groups in total. The number of nitrogens with one attached hydrogen (secondary N) is 2. The number of halogens is 2. The van der Waals surface area contributed by atoms with E-state index >= 15 is 0 Å². The average molecular weight is 816 g/mol. The number of carbonyl (C=O) groups excluding carboxylic acids is 1. The zero-order valence-corrected chi connectivity index (χ0v) is 33.1. The molecule has 0 amide bonds. The molecule has 1 saturated carbocycles. The van der Waals surface area contributed by atoms with E-state index in [0.717, 1.165) is 50.6 Å². The molecule has 0 bridgehead atoms. The third-order valence-electron chi connectivity index (χ3n) is 10.0. The highest BCUT2D eigenvalue weighted by Crippen LogP contribution is 2.38. The number of ether oxygens (including phenoxy) is 3. The standard InChI is InChI=1S/C40H46ClN3O8S2.FH/c1-44(26-9-11-27(12-10-26)52-39(48)40(49,35-7-5-19-53-35)36-8-6-20-54-36)17-3-4-18-51-34-22-33(50-2)25(21-30(34)41)23-42-24-32(46)28-13-15-31(45)38-29(28)14-16-37(47)43-38;/h5-8,13-16,19-22,26-27,32,42,45-46,49H,3-4,9-12,17-18,23-24H2,1-2H3,(H,43,47);1H/t26?,27?,32-;/m1./s1. The summed E-state index contributed by atoms with van der Waals surface area (Å²) in [5, 5.41) is 40.6. The zero-order valence-electron chi connectivity index (χ0n) is 30.7. The van der Waals surface area contributed by atoms with Crippen molar-refractivity contribution in [3.63, 3.8) is 0 Å². The molecule has 0 unspecified atom stereocenters. The number of nitrogens with zero attached hydrogens (tertiary/aromatic N) is 1. The van der Waals surface area contributed by atoms with Crippen molar-refractivity contribution in [3.8, 4) is 17.2 Å². The van der Waals surface area contributed by atoms with Gasteiger partial charge < -0.3 is 44.7 Å². The number of carbonyl (C=O) groups is 1. The van der Waals surface area contributed by atoms with Crippen LogP contribution in [-0.4, -0.2) is 77.2 Å². The molecule has 0 aliphatic heterocycles. The molecule has 3 aromatic heterocycles. The number of hydrogen-bond acceptors (Lipinski definition) is 12. The number of pyridine rings is 1. The smallest absolute Gasteiger partial charge is 0.349 e. The molecule has 0 saturated heterocycles. The number of benzene rings is 2. The third-order valence-corrected chi connectivity index (χ3v) is 12.3. The molecule has 55 heavy (non-hydrogen) atoms. The van der Waals surface area contributed by atoms with E-state index in [0.29, 0.717) is 56.4 Å². The maximum absolute atomic E-state index is 13.4. The summed E-state index contributed by atoms with van der Waals surface area (Å²) in [6.45, 7) is 1.97. The Morgan fingerprint density at radius 2 is 1.75 bits per heavy atom. The predicted molar refractivity (Wildman–Crippen MR) is 215 cm³/mol. The first-order chi connectivity index (χ1) is 26.1. The molecule has 1 atom stereocenters. The Bertz CT molecular complexity index is 2020. The lowest BCUT2D eigenvalue weighted by Crippen LogP contribution is -2.42. The van der Waals surface area contributed by atoms with E-state index in [9.17, 15) is 24.9 Å². The summed E-state index contributed by atoms with van der Waals surface area (Å²) in [5.74, 6) is 0.471. The van der Waals surface area contributed by atoms with Gasteiger partial charge in [-0.25, -0.2) is 4.79 Å². The normalized spacial score (nSPS) is 16.5. The Labute approximate surface area is 331 Å². The van der Waals surface area contributed by atoms with Crippen LogP contribution < -0.4 is 20.3 Å². The van der Waals surface area contributed by atoms with Gasteiger partial charge >= 0.3 is 5.97 Å². The van der Waals surface area contributed by atoms with Crippen molar-refractivity contribution in [2.75, 3.05) is 33.9 Å². The van der Waals surface area contributed by atoms with Crippen molar-refractivity contribution in [1.82, 2.24) is 15.2 Å². The number of fused-ring (bicyclic) bond motifs is 1. The number of aromatic amines is 1. The van der Waals surface area contributed by atoms with Gasteiger partial charge in [0.25, 0.3) is 0 Å². The highest BCUT2D eigenvalue weighted by atomic mass is 35.5. The number of unbranched alkanes of at least 4 members (excludes halogenated alkanes) is 1. The highest BCUT2D eigenvalue weighted by molar-refractivity contribution is 7.12. The summed E-state index contributed by atoms with van der Waals surface area (Å²) >= 11 is 9.30. The lowest BCUT2D eigenvalue weighted by atomic mass is 9.91. The molecule has 11 nitrogen and oxygen atoms in total. The maximum Gasteiger partial charge on any atom is 0.349 e. The van der Waals surface area contributed by atoms with Crippen LogP contribution in [0.2, 0.25) is 5.02 Å². The minimum absolute atomic E-state index is 0. The summed E-state index contributed by atoms with van der Waals surface area (Å²) in [6.07, 6.45) is 3.96. The average Bonchev–Trinajstić information content (AvgIpc) is 3.92. The Hall–Kier alpha value is -4.02. The Morgan fingerprint density at radius 3 is 2.40 bits per heavy atom. The van der Waals surface area contributed by atoms with Gasteiger partial charge in [-0.3, -0.25) is 9.50 Å². The van der Waals surface area contributed by atoms with Crippen molar-refractivity contribution in [1.29, 1.82) is 0 Å². The number of phenols is 1. The molecule has 6 rings (SSSR count). The second-order valence-corrected chi connectivity index (χ2v) is 15.9. The summed E-state index contributed by atoms with van der Waals surface area (Å²) < 4.78 is 17.6. The van der Waals surface area contributed by atoms with E-state index in [1.54, 1.807) is 43.5 Å². The first kappa shape index (κ1) is 42.1. The molecule has 0 radical (unpaired) electrons. The molecule has 2 aromatic carbocycles. The minimum Gasteiger partial charge on any atom is -0.506 e. The number of methoxy groups -OCH3 is 1. The fourth-order valence-corrected chi connectivity index (χ4v) is 8.93. The minimum atomic E-state index is -1.78. The van der Waals surface area contributed by atoms with Crippen LogP contribution in [0.1, 0.15) is 65.5 Å². The topological polar surface area (TPSA) is 154 Å². The highest BCUT2D eigenvalue weighted by Gasteiger charge is 2.45. The van der Waals surface area contributed by atoms with Crippen LogP contribution in [0, 0.1) is 0 Å². The van der Waals surface area contributed by atoms with Crippen LogP contribution in [0.25, 0.3) is 10.9 Å². The van der Waals surface area contributed by atoms with Gasteiger partial charge in [0.05, 0.1) is 40.1 Å². The van der Waals surface area contributed by atoms with E-state index in [2.05, 4.69) is 22.2 Å². The van der Waals surface area contributed by atoms with Gasteiger partial charge in [-0.2, -0.15) is 0 Å². The molecule has 1 fully saturated rings.